The summed E-state index contributed by atoms with van der Waals surface area (Å²) in [7, 11) is 0. The minimum Gasteiger partial charge on any atom is -0.342 e. The van der Waals surface area contributed by atoms with Gasteiger partial charge in [-0.2, -0.15) is 0 Å². The van der Waals surface area contributed by atoms with E-state index in [-0.39, 0.29) is 5.92 Å². The summed E-state index contributed by atoms with van der Waals surface area (Å²) < 4.78 is 0. The van der Waals surface area contributed by atoms with Crippen molar-refractivity contribution in [3.63, 3.8) is 0 Å². The minimum absolute atomic E-state index is 0.267. The molecule has 3 heteroatoms. The zero-order valence-electron chi connectivity index (χ0n) is 13.8. The van der Waals surface area contributed by atoms with Gasteiger partial charge in [-0.1, -0.05) is 20.3 Å². The number of rotatable bonds is 3. The Labute approximate surface area is 124 Å². The number of hydrogen-bond donors (Lipinski definition) is 0. The molecule has 2 aliphatic heterocycles. The Balaban J connectivity index is 1.87. The maximum absolute atomic E-state index is 12.7. The Bertz CT molecular complexity index is 321. The lowest BCUT2D eigenvalue weighted by Crippen LogP contribution is -2.50. The van der Waals surface area contributed by atoms with Crippen LogP contribution in [-0.2, 0) is 4.79 Å². The number of carbonyl (C=O) groups is 1. The maximum Gasteiger partial charge on any atom is 0.226 e. The number of carbonyl (C=O) groups excluding carboxylic acids is 1. The minimum atomic E-state index is 0.267. The largest absolute Gasteiger partial charge is 0.342 e. The quantitative estimate of drug-likeness (QED) is 0.793. The molecule has 0 aliphatic carbocycles. The van der Waals surface area contributed by atoms with Crippen LogP contribution in [0.5, 0.6) is 0 Å². The molecule has 1 amide bonds. The predicted molar refractivity (Wildman–Crippen MR) is 83.6 cm³/mol. The molecule has 0 bridgehead atoms. The van der Waals surface area contributed by atoms with Gasteiger partial charge in [-0.15, -0.1) is 0 Å². The molecule has 0 spiro atoms. The highest BCUT2D eigenvalue weighted by molar-refractivity contribution is 5.79. The summed E-state index contributed by atoms with van der Waals surface area (Å²) in [6.07, 6.45) is 4.74. The van der Waals surface area contributed by atoms with E-state index in [9.17, 15) is 4.79 Å². The zero-order valence-corrected chi connectivity index (χ0v) is 13.8. The molecule has 0 saturated carbocycles. The van der Waals surface area contributed by atoms with Crippen LogP contribution in [0.25, 0.3) is 0 Å². The van der Waals surface area contributed by atoms with Gasteiger partial charge in [0, 0.05) is 31.6 Å². The fourth-order valence-electron chi connectivity index (χ4n) is 3.81. The van der Waals surface area contributed by atoms with E-state index in [4.69, 9.17) is 0 Å². The Hall–Kier alpha value is -0.570. The van der Waals surface area contributed by atoms with E-state index in [1.165, 1.54) is 19.3 Å². The molecule has 2 heterocycles. The number of amides is 1. The van der Waals surface area contributed by atoms with Gasteiger partial charge in [0.15, 0.2) is 0 Å². The number of piperidine rings is 2. The molecule has 3 nitrogen and oxygen atoms in total. The Morgan fingerprint density at radius 2 is 1.80 bits per heavy atom. The van der Waals surface area contributed by atoms with Crippen LogP contribution < -0.4 is 0 Å². The van der Waals surface area contributed by atoms with Crippen LogP contribution in [0.4, 0.5) is 0 Å². The number of hydrogen-bond acceptors (Lipinski definition) is 2. The van der Waals surface area contributed by atoms with Crippen molar-refractivity contribution in [3.8, 4) is 0 Å². The van der Waals surface area contributed by atoms with Crippen LogP contribution in [0, 0.1) is 17.8 Å². The Kier molecular flexibility index (Phi) is 5.48. The highest BCUT2D eigenvalue weighted by atomic mass is 16.2. The third-order valence-electron chi connectivity index (χ3n) is 5.49. The average Bonchev–Trinajstić information content (AvgIpc) is 2.46. The van der Waals surface area contributed by atoms with Crippen molar-refractivity contribution in [2.24, 2.45) is 17.8 Å². The Morgan fingerprint density at radius 3 is 2.30 bits per heavy atom. The molecule has 0 aromatic rings. The van der Waals surface area contributed by atoms with Gasteiger partial charge in [0.25, 0.3) is 0 Å². The second-order valence-corrected chi connectivity index (χ2v) is 7.14. The number of likely N-dealkylation sites (tertiary alicyclic amines) is 2. The summed E-state index contributed by atoms with van der Waals surface area (Å²) >= 11 is 0. The van der Waals surface area contributed by atoms with Crippen molar-refractivity contribution < 1.29 is 4.79 Å². The van der Waals surface area contributed by atoms with Crippen LogP contribution in [-0.4, -0.2) is 47.9 Å². The molecule has 2 saturated heterocycles. The van der Waals surface area contributed by atoms with E-state index in [0.717, 1.165) is 38.5 Å². The van der Waals surface area contributed by atoms with Crippen LogP contribution in [0.3, 0.4) is 0 Å². The van der Waals surface area contributed by atoms with E-state index < -0.39 is 0 Å². The van der Waals surface area contributed by atoms with Crippen molar-refractivity contribution in [2.45, 2.75) is 59.4 Å². The van der Waals surface area contributed by atoms with Crippen LogP contribution in [0.2, 0.25) is 0 Å². The zero-order chi connectivity index (χ0) is 14.7. The van der Waals surface area contributed by atoms with Crippen LogP contribution in [0.15, 0.2) is 0 Å². The monoisotopic (exact) mass is 280 g/mol. The molecule has 0 aromatic carbocycles. The molecule has 2 atom stereocenters. The first-order valence-electron chi connectivity index (χ1n) is 8.55. The normalized spacial score (nSPS) is 29.9. The van der Waals surface area contributed by atoms with Gasteiger partial charge >= 0.3 is 0 Å². The van der Waals surface area contributed by atoms with Crippen LogP contribution in [0.1, 0.15) is 53.4 Å². The summed E-state index contributed by atoms with van der Waals surface area (Å²) in [5, 5.41) is 0. The van der Waals surface area contributed by atoms with E-state index in [1.54, 1.807) is 0 Å². The van der Waals surface area contributed by atoms with Gasteiger partial charge in [-0.05, 0) is 51.5 Å². The summed E-state index contributed by atoms with van der Waals surface area (Å²) in [6, 6.07) is 0.605. The lowest BCUT2D eigenvalue weighted by molar-refractivity contribution is -0.140. The molecule has 2 rings (SSSR count). The molecule has 20 heavy (non-hydrogen) atoms. The van der Waals surface area contributed by atoms with E-state index in [1.807, 2.05) is 0 Å². The smallest absolute Gasteiger partial charge is 0.226 e. The fraction of sp³-hybridized carbons (Fsp3) is 0.941. The maximum atomic E-state index is 12.7. The van der Waals surface area contributed by atoms with Gasteiger partial charge in [-0.25, -0.2) is 0 Å². The third-order valence-corrected chi connectivity index (χ3v) is 5.49. The fourth-order valence-corrected chi connectivity index (χ4v) is 3.81. The summed E-state index contributed by atoms with van der Waals surface area (Å²) in [5.41, 5.74) is 0. The molecule has 0 aromatic heterocycles. The van der Waals surface area contributed by atoms with Crippen molar-refractivity contribution in [1.82, 2.24) is 9.80 Å². The van der Waals surface area contributed by atoms with Crippen LogP contribution >= 0.6 is 0 Å². The standard InChI is InChI=1S/C17H32N2O/c1-5-15-6-9-18(10-7-15)17(20)16-8-11-19(13(2)3)12-14(16)4/h13-16H,5-12H2,1-4H3/t14-,16+/m0/s1. The molecular weight excluding hydrogens is 248 g/mol. The van der Waals surface area contributed by atoms with Crippen molar-refractivity contribution in [1.29, 1.82) is 0 Å². The Morgan fingerprint density at radius 1 is 1.15 bits per heavy atom. The van der Waals surface area contributed by atoms with E-state index in [0.29, 0.717) is 17.9 Å². The van der Waals surface area contributed by atoms with Crippen molar-refractivity contribution >= 4 is 5.91 Å². The average molecular weight is 280 g/mol. The topological polar surface area (TPSA) is 23.6 Å². The van der Waals surface area contributed by atoms with E-state index in [2.05, 4.69) is 37.5 Å². The molecule has 2 fully saturated rings. The van der Waals surface area contributed by atoms with Gasteiger partial charge < -0.3 is 9.80 Å². The predicted octanol–water partition coefficient (Wildman–Crippen LogP) is 3.00. The SMILES string of the molecule is CCC1CCN(C(=O)[C@@H]2CCN(C(C)C)C[C@@H]2C)CC1. The highest BCUT2D eigenvalue weighted by Gasteiger charge is 2.35. The lowest BCUT2D eigenvalue weighted by atomic mass is 9.84. The van der Waals surface area contributed by atoms with Gasteiger partial charge in [0.05, 0.1) is 0 Å². The molecule has 0 unspecified atom stereocenters. The number of nitrogens with zero attached hydrogens (tertiary/aromatic N) is 2. The summed E-state index contributed by atoms with van der Waals surface area (Å²) in [6.45, 7) is 13.2. The van der Waals surface area contributed by atoms with Gasteiger partial charge in [0.1, 0.15) is 0 Å². The first kappa shape index (κ1) is 15.8. The molecule has 2 aliphatic rings. The molecule has 0 N–H and O–H groups in total. The lowest BCUT2D eigenvalue weighted by Gasteiger charge is -2.41. The summed E-state index contributed by atoms with van der Waals surface area (Å²) in [4.78, 5) is 17.4. The van der Waals surface area contributed by atoms with Gasteiger partial charge in [0.2, 0.25) is 5.91 Å². The second-order valence-electron chi connectivity index (χ2n) is 7.14. The highest BCUT2D eigenvalue weighted by Crippen LogP contribution is 2.28. The first-order valence-corrected chi connectivity index (χ1v) is 8.55. The third kappa shape index (κ3) is 3.55. The molecule has 0 radical (unpaired) electrons. The van der Waals surface area contributed by atoms with Crippen molar-refractivity contribution in [3.05, 3.63) is 0 Å². The molecule has 116 valence electrons. The molecular formula is C17H32N2O. The van der Waals surface area contributed by atoms with E-state index >= 15 is 0 Å². The first-order chi connectivity index (χ1) is 9.52. The van der Waals surface area contributed by atoms with Gasteiger partial charge in [-0.3, -0.25) is 4.79 Å². The van der Waals surface area contributed by atoms with Crippen molar-refractivity contribution in [2.75, 3.05) is 26.2 Å². The summed E-state index contributed by atoms with van der Waals surface area (Å²) in [5.74, 6) is 2.06. The second kappa shape index (κ2) is 6.93.